The van der Waals surface area contributed by atoms with Crippen LogP contribution in [0.5, 0.6) is 5.75 Å². The summed E-state index contributed by atoms with van der Waals surface area (Å²) in [6, 6.07) is 6.38. The Morgan fingerprint density at radius 3 is 3.05 bits per heavy atom. The fourth-order valence-corrected chi connectivity index (χ4v) is 3.00. The maximum absolute atomic E-state index is 5.68. The maximum atomic E-state index is 5.68. The molecule has 1 fully saturated rings. The van der Waals surface area contributed by atoms with Crippen LogP contribution in [-0.2, 0) is 11.8 Å². The minimum absolute atomic E-state index is 0.306. The van der Waals surface area contributed by atoms with Crippen molar-refractivity contribution in [3.8, 4) is 5.75 Å². The van der Waals surface area contributed by atoms with Crippen LogP contribution in [0.2, 0.25) is 0 Å². The zero-order valence-corrected chi connectivity index (χ0v) is 12.9. The van der Waals surface area contributed by atoms with Crippen LogP contribution in [0.25, 0.3) is 11.0 Å². The van der Waals surface area contributed by atoms with Crippen LogP contribution < -0.4 is 10.1 Å². The number of aryl methyl sites for hydroxylation is 1. The van der Waals surface area contributed by atoms with E-state index in [1.54, 1.807) is 7.11 Å². The summed E-state index contributed by atoms with van der Waals surface area (Å²) in [4.78, 5) is 4.82. The van der Waals surface area contributed by atoms with E-state index >= 15 is 0 Å². The summed E-state index contributed by atoms with van der Waals surface area (Å²) in [6.45, 7) is 4.69. The van der Waals surface area contributed by atoms with E-state index in [-0.39, 0.29) is 0 Å². The standard InChI is InChI=1S/C16H23N3O2/c1-4-7-17-14-10-21-9-12(14)16-18-13-8-11(20-3)5-6-15(13)19(16)2/h5-6,8,12,14,17H,4,7,9-10H2,1-3H3. The predicted molar refractivity (Wildman–Crippen MR) is 82.9 cm³/mol. The van der Waals surface area contributed by atoms with Gasteiger partial charge < -0.3 is 19.4 Å². The molecule has 1 saturated heterocycles. The summed E-state index contributed by atoms with van der Waals surface area (Å²) in [5.74, 6) is 2.24. The molecule has 2 heterocycles. The molecule has 114 valence electrons. The largest absolute Gasteiger partial charge is 0.497 e. The Bertz CT molecular complexity index is 623. The highest BCUT2D eigenvalue weighted by molar-refractivity contribution is 5.77. The van der Waals surface area contributed by atoms with Crippen molar-refractivity contribution < 1.29 is 9.47 Å². The van der Waals surface area contributed by atoms with E-state index in [2.05, 4.69) is 29.9 Å². The number of rotatable bonds is 5. The Kier molecular flexibility index (Phi) is 4.12. The lowest BCUT2D eigenvalue weighted by Gasteiger charge is -2.18. The lowest BCUT2D eigenvalue weighted by Crippen LogP contribution is -2.35. The molecule has 2 unspecified atom stereocenters. The molecule has 2 aromatic rings. The normalized spacial score (nSPS) is 22.0. The lowest BCUT2D eigenvalue weighted by atomic mass is 10.0. The van der Waals surface area contributed by atoms with Crippen LogP contribution in [0.4, 0.5) is 0 Å². The third kappa shape index (κ3) is 2.63. The molecule has 5 heteroatoms. The fourth-order valence-electron chi connectivity index (χ4n) is 3.00. The number of hydrogen-bond acceptors (Lipinski definition) is 4. The van der Waals surface area contributed by atoms with Crippen molar-refractivity contribution in [1.29, 1.82) is 0 Å². The summed E-state index contributed by atoms with van der Waals surface area (Å²) in [5, 5.41) is 3.57. The summed E-state index contributed by atoms with van der Waals surface area (Å²) >= 11 is 0. The molecule has 3 rings (SSSR count). The average Bonchev–Trinajstić information content (AvgIpc) is 3.09. The molecule has 1 aromatic heterocycles. The lowest BCUT2D eigenvalue weighted by molar-refractivity contribution is 0.187. The van der Waals surface area contributed by atoms with Crippen LogP contribution in [0.3, 0.4) is 0 Å². The summed E-state index contributed by atoms with van der Waals surface area (Å²) in [6.07, 6.45) is 1.13. The van der Waals surface area contributed by atoms with Crippen molar-refractivity contribution in [2.45, 2.75) is 25.3 Å². The number of hydrogen-bond donors (Lipinski definition) is 1. The SMILES string of the molecule is CCCNC1COCC1c1nc2cc(OC)ccc2n1C. The average molecular weight is 289 g/mol. The second-order valence-corrected chi connectivity index (χ2v) is 5.59. The molecule has 2 atom stereocenters. The van der Waals surface area contributed by atoms with E-state index in [1.165, 1.54) is 0 Å². The van der Waals surface area contributed by atoms with E-state index in [4.69, 9.17) is 14.5 Å². The molecule has 1 aliphatic heterocycles. The van der Waals surface area contributed by atoms with Crippen molar-refractivity contribution in [3.63, 3.8) is 0 Å². The molecule has 0 aliphatic carbocycles. The topological polar surface area (TPSA) is 48.3 Å². The molecule has 0 radical (unpaired) electrons. The minimum Gasteiger partial charge on any atom is -0.497 e. The third-order valence-electron chi connectivity index (χ3n) is 4.19. The number of imidazole rings is 1. The number of aromatic nitrogens is 2. The van der Waals surface area contributed by atoms with Crippen LogP contribution in [-0.4, -0.2) is 42.5 Å². The summed E-state index contributed by atoms with van der Waals surface area (Å²) in [5.41, 5.74) is 2.11. The van der Waals surface area contributed by atoms with Crippen LogP contribution in [0.1, 0.15) is 25.1 Å². The smallest absolute Gasteiger partial charge is 0.121 e. The van der Waals surface area contributed by atoms with Crippen molar-refractivity contribution in [2.75, 3.05) is 26.9 Å². The van der Waals surface area contributed by atoms with Crippen LogP contribution >= 0.6 is 0 Å². The zero-order chi connectivity index (χ0) is 14.8. The Morgan fingerprint density at radius 1 is 1.43 bits per heavy atom. The first-order valence-corrected chi connectivity index (χ1v) is 7.56. The molecule has 0 amide bonds. The minimum atomic E-state index is 0.306. The van der Waals surface area contributed by atoms with Gasteiger partial charge in [0.15, 0.2) is 0 Å². The molecule has 0 spiro atoms. The second-order valence-electron chi connectivity index (χ2n) is 5.59. The fraction of sp³-hybridized carbons (Fsp3) is 0.562. The third-order valence-corrected chi connectivity index (χ3v) is 4.19. The van der Waals surface area contributed by atoms with Gasteiger partial charge in [0.1, 0.15) is 11.6 Å². The van der Waals surface area contributed by atoms with Gasteiger partial charge in [0, 0.05) is 19.2 Å². The molecular weight excluding hydrogens is 266 g/mol. The number of ether oxygens (including phenoxy) is 2. The Hall–Kier alpha value is -1.59. The maximum Gasteiger partial charge on any atom is 0.121 e. The quantitative estimate of drug-likeness (QED) is 0.915. The van der Waals surface area contributed by atoms with Crippen LogP contribution in [0.15, 0.2) is 18.2 Å². The van der Waals surface area contributed by atoms with E-state index < -0.39 is 0 Å². The monoisotopic (exact) mass is 289 g/mol. The van der Waals surface area contributed by atoms with Crippen molar-refractivity contribution in [3.05, 3.63) is 24.0 Å². The molecule has 1 N–H and O–H groups in total. The Balaban J connectivity index is 1.94. The van der Waals surface area contributed by atoms with Gasteiger partial charge in [0.2, 0.25) is 0 Å². The molecule has 1 aromatic carbocycles. The number of methoxy groups -OCH3 is 1. The number of fused-ring (bicyclic) bond motifs is 1. The van der Waals surface area contributed by atoms with Gasteiger partial charge in [-0.25, -0.2) is 4.98 Å². The molecule has 0 bridgehead atoms. The van der Waals surface area contributed by atoms with Gasteiger partial charge >= 0.3 is 0 Å². The Morgan fingerprint density at radius 2 is 2.29 bits per heavy atom. The van der Waals surface area contributed by atoms with Gasteiger partial charge in [0.25, 0.3) is 0 Å². The Labute approximate surface area is 125 Å². The van der Waals surface area contributed by atoms with Crippen molar-refractivity contribution in [1.82, 2.24) is 14.9 Å². The first-order chi connectivity index (χ1) is 10.2. The molecule has 21 heavy (non-hydrogen) atoms. The van der Waals surface area contributed by atoms with Gasteiger partial charge in [-0.1, -0.05) is 6.92 Å². The number of nitrogens with one attached hydrogen (secondary N) is 1. The van der Waals surface area contributed by atoms with E-state index in [0.717, 1.165) is 48.8 Å². The van der Waals surface area contributed by atoms with Crippen molar-refractivity contribution >= 4 is 11.0 Å². The van der Waals surface area contributed by atoms with Gasteiger partial charge in [-0.2, -0.15) is 0 Å². The summed E-state index contributed by atoms with van der Waals surface area (Å²) in [7, 11) is 3.76. The predicted octanol–water partition coefficient (Wildman–Crippen LogP) is 2.06. The molecular formula is C16H23N3O2. The van der Waals surface area contributed by atoms with Gasteiger partial charge in [-0.05, 0) is 25.1 Å². The van der Waals surface area contributed by atoms with Crippen molar-refractivity contribution in [2.24, 2.45) is 7.05 Å². The highest BCUT2D eigenvalue weighted by Crippen LogP contribution is 2.29. The first kappa shape index (κ1) is 14.4. The number of benzene rings is 1. The highest BCUT2D eigenvalue weighted by atomic mass is 16.5. The van der Waals surface area contributed by atoms with E-state index in [1.807, 2.05) is 12.1 Å². The zero-order valence-electron chi connectivity index (χ0n) is 12.9. The van der Waals surface area contributed by atoms with Gasteiger partial charge in [-0.3, -0.25) is 0 Å². The van der Waals surface area contributed by atoms with E-state index in [9.17, 15) is 0 Å². The van der Waals surface area contributed by atoms with E-state index in [0.29, 0.717) is 12.0 Å². The first-order valence-electron chi connectivity index (χ1n) is 7.56. The van der Waals surface area contributed by atoms with Crippen LogP contribution in [0, 0.1) is 0 Å². The van der Waals surface area contributed by atoms with Gasteiger partial charge in [-0.15, -0.1) is 0 Å². The molecule has 1 aliphatic rings. The summed E-state index contributed by atoms with van der Waals surface area (Å²) < 4.78 is 13.1. The number of nitrogens with zero attached hydrogens (tertiary/aromatic N) is 2. The van der Waals surface area contributed by atoms with Gasteiger partial charge in [0.05, 0.1) is 37.3 Å². The second kappa shape index (κ2) is 6.03. The molecule has 0 saturated carbocycles. The highest BCUT2D eigenvalue weighted by Gasteiger charge is 2.32. The molecule has 5 nitrogen and oxygen atoms in total.